The van der Waals surface area contributed by atoms with Gasteiger partial charge in [0.1, 0.15) is 12.4 Å². The van der Waals surface area contributed by atoms with E-state index in [9.17, 15) is 4.79 Å². The number of benzene rings is 1. The molecule has 0 aliphatic rings. The van der Waals surface area contributed by atoms with Gasteiger partial charge >= 0.3 is 5.97 Å². The molecule has 1 rings (SSSR count). The first-order valence-corrected chi connectivity index (χ1v) is 5.11. The number of methoxy groups -OCH3 is 1. The van der Waals surface area contributed by atoms with Crippen molar-refractivity contribution >= 4 is 12.0 Å². The standard InChI is InChI=1S/C14H14O3/c1-3-11-17-13-9-5-4-7-12(13)8-6-10-14(15)16-2/h3-5,7-10H,1,11H2,2H3. The highest BCUT2D eigenvalue weighted by Crippen LogP contribution is 2.18. The Bertz CT molecular complexity index is 454. The van der Waals surface area contributed by atoms with Crippen LogP contribution in [0.5, 0.6) is 5.75 Å². The summed E-state index contributed by atoms with van der Waals surface area (Å²) >= 11 is 0. The lowest BCUT2D eigenvalue weighted by Crippen LogP contribution is -1.94. The van der Waals surface area contributed by atoms with Gasteiger partial charge in [-0.2, -0.15) is 0 Å². The summed E-state index contributed by atoms with van der Waals surface area (Å²) in [4.78, 5) is 10.9. The van der Waals surface area contributed by atoms with Crippen LogP contribution in [0.3, 0.4) is 0 Å². The number of esters is 1. The van der Waals surface area contributed by atoms with Gasteiger partial charge in [-0.3, -0.25) is 0 Å². The smallest absolute Gasteiger partial charge is 0.338 e. The van der Waals surface area contributed by atoms with Crippen LogP contribution in [0.25, 0.3) is 6.08 Å². The third kappa shape index (κ3) is 4.41. The Morgan fingerprint density at radius 1 is 1.47 bits per heavy atom. The Kier molecular flexibility index (Phi) is 5.35. The normalized spacial score (nSPS) is 8.76. The first kappa shape index (κ1) is 12.8. The van der Waals surface area contributed by atoms with Gasteiger partial charge in [0, 0.05) is 5.56 Å². The summed E-state index contributed by atoms with van der Waals surface area (Å²) in [6.45, 7) is 4.02. The number of hydrogen-bond acceptors (Lipinski definition) is 3. The van der Waals surface area contributed by atoms with Crippen LogP contribution in [-0.2, 0) is 9.53 Å². The second-order valence-corrected chi connectivity index (χ2v) is 3.12. The molecule has 1 aromatic rings. The van der Waals surface area contributed by atoms with Crippen LogP contribution in [0.15, 0.2) is 48.7 Å². The summed E-state index contributed by atoms with van der Waals surface area (Å²) < 4.78 is 9.91. The van der Waals surface area contributed by atoms with Gasteiger partial charge < -0.3 is 9.47 Å². The predicted octanol–water partition coefficient (Wildman–Crippen LogP) is 2.59. The Morgan fingerprint density at radius 2 is 2.24 bits per heavy atom. The third-order valence-corrected chi connectivity index (χ3v) is 1.92. The zero-order valence-corrected chi connectivity index (χ0v) is 9.68. The largest absolute Gasteiger partial charge is 0.489 e. The molecule has 0 N–H and O–H groups in total. The molecule has 0 heterocycles. The minimum Gasteiger partial charge on any atom is -0.489 e. The lowest BCUT2D eigenvalue weighted by Gasteiger charge is -2.05. The molecule has 0 aliphatic heterocycles. The molecule has 3 heteroatoms. The summed E-state index contributed by atoms with van der Waals surface area (Å²) in [5.41, 5.74) is 3.58. The van der Waals surface area contributed by atoms with Crippen molar-refractivity contribution in [2.45, 2.75) is 0 Å². The molecular weight excluding hydrogens is 216 g/mol. The highest BCUT2D eigenvalue weighted by molar-refractivity contribution is 5.82. The van der Waals surface area contributed by atoms with E-state index in [1.165, 1.54) is 13.2 Å². The van der Waals surface area contributed by atoms with Crippen molar-refractivity contribution < 1.29 is 14.3 Å². The molecule has 0 amide bonds. The molecule has 0 bridgehead atoms. The molecule has 17 heavy (non-hydrogen) atoms. The van der Waals surface area contributed by atoms with E-state index in [0.29, 0.717) is 6.61 Å². The van der Waals surface area contributed by atoms with Crippen molar-refractivity contribution in [1.29, 1.82) is 0 Å². The van der Waals surface area contributed by atoms with Crippen LogP contribution in [0.1, 0.15) is 5.56 Å². The first-order valence-electron chi connectivity index (χ1n) is 5.11. The molecule has 0 unspecified atom stereocenters. The van der Waals surface area contributed by atoms with Crippen LogP contribution in [0.4, 0.5) is 0 Å². The van der Waals surface area contributed by atoms with Crippen LogP contribution in [0, 0.1) is 0 Å². The van der Waals surface area contributed by atoms with E-state index in [0.717, 1.165) is 11.3 Å². The molecule has 0 radical (unpaired) electrons. The minimum absolute atomic E-state index is 0.436. The molecule has 0 saturated heterocycles. The van der Waals surface area contributed by atoms with E-state index in [1.54, 1.807) is 12.2 Å². The Balaban J connectivity index is 2.86. The van der Waals surface area contributed by atoms with Crippen LogP contribution in [-0.4, -0.2) is 19.7 Å². The predicted molar refractivity (Wildman–Crippen MR) is 66.7 cm³/mol. The van der Waals surface area contributed by atoms with Crippen molar-refractivity contribution in [3.05, 3.63) is 54.3 Å². The topological polar surface area (TPSA) is 35.5 Å². The third-order valence-electron chi connectivity index (χ3n) is 1.92. The molecule has 0 saturated carbocycles. The molecule has 88 valence electrons. The van der Waals surface area contributed by atoms with Crippen molar-refractivity contribution in [2.75, 3.05) is 13.7 Å². The highest BCUT2D eigenvalue weighted by atomic mass is 16.5. The average molecular weight is 230 g/mol. The zero-order chi connectivity index (χ0) is 12.5. The second kappa shape index (κ2) is 7.09. The lowest BCUT2D eigenvalue weighted by atomic mass is 10.2. The maximum absolute atomic E-state index is 10.9. The summed E-state index contributed by atoms with van der Waals surface area (Å²) in [5, 5.41) is 0. The molecule has 0 spiro atoms. The highest BCUT2D eigenvalue weighted by Gasteiger charge is 1.97. The van der Waals surface area contributed by atoms with E-state index in [1.807, 2.05) is 24.3 Å². The fourth-order valence-corrected chi connectivity index (χ4v) is 1.14. The summed E-state index contributed by atoms with van der Waals surface area (Å²) in [7, 11) is 1.32. The SMILES string of the molecule is C=CCOc1ccccc1C=C=CC(=O)OC. The zero-order valence-electron chi connectivity index (χ0n) is 9.68. The molecule has 0 atom stereocenters. The van der Waals surface area contributed by atoms with Crippen molar-refractivity contribution in [2.24, 2.45) is 0 Å². The van der Waals surface area contributed by atoms with Gasteiger partial charge in [0.25, 0.3) is 0 Å². The van der Waals surface area contributed by atoms with Gasteiger partial charge in [0.05, 0.1) is 13.2 Å². The number of carbonyl (C=O) groups excluding carboxylic acids is 1. The van der Waals surface area contributed by atoms with Gasteiger partial charge in [-0.1, -0.05) is 30.9 Å². The Morgan fingerprint density at radius 3 is 2.94 bits per heavy atom. The van der Waals surface area contributed by atoms with Gasteiger partial charge in [-0.15, -0.1) is 5.73 Å². The van der Waals surface area contributed by atoms with Gasteiger partial charge in [-0.05, 0) is 12.1 Å². The van der Waals surface area contributed by atoms with Crippen molar-refractivity contribution in [3.63, 3.8) is 0 Å². The summed E-state index contributed by atoms with van der Waals surface area (Å²) in [6.07, 6.45) is 4.56. The van der Waals surface area contributed by atoms with E-state index >= 15 is 0 Å². The Hall–Kier alpha value is -2.25. The number of ether oxygens (including phenoxy) is 2. The number of hydrogen-bond donors (Lipinski definition) is 0. The minimum atomic E-state index is -0.439. The maximum atomic E-state index is 10.9. The number of carbonyl (C=O) groups is 1. The average Bonchev–Trinajstić information content (AvgIpc) is 2.37. The molecule has 0 aromatic heterocycles. The maximum Gasteiger partial charge on any atom is 0.338 e. The number of rotatable bonds is 5. The first-order chi connectivity index (χ1) is 8.27. The molecule has 0 aliphatic carbocycles. The lowest BCUT2D eigenvalue weighted by molar-refractivity contribution is -0.134. The van der Waals surface area contributed by atoms with E-state index in [4.69, 9.17) is 4.74 Å². The quantitative estimate of drug-likeness (QED) is 0.337. The van der Waals surface area contributed by atoms with Crippen LogP contribution in [0.2, 0.25) is 0 Å². The van der Waals surface area contributed by atoms with Gasteiger partial charge in [0.2, 0.25) is 0 Å². The van der Waals surface area contributed by atoms with Gasteiger partial charge in [-0.25, -0.2) is 4.79 Å². The molecule has 0 fully saturated rings. The second-order valence-electron chi connectivity index (χ2n) is 3.12. The summed E-state index contributed by atoms with van der Waals surface area (Å²) in [6, 6.07) is 7.47. The summed E-state index contributed by atoms with van der Waals surface area (Å²) in [5.74, 6) is 0.281. The molecular formula is C14H14O3. The fourth-order valence-electron chi connectivity index (χ4n) is 1.14. The van der Waals surface area contributed by atoms with Crippen molar-refractivity contribution in [1.82, 2.24) is 0 Å². The number of para-hydroxylation sites is 1. The Labute approximate surface area is 101 Å². The van der Waals surface area contributed by atoms with Crippen molar-refractivity contribution in [3.8, 4) is 5.75 Å². The molecule has 3 nitrogen and oxygen atoms in total. The fraction of sp³-hybridized carbons (Fsp3) is 0.143. The van der Waals surface area contributed by atoms with E-state index in [-0.39, 0.29) is 0 Å². The van der Waals surface area contributed by atoms with E-state index < -0.39 is 5.97 Å². The van der Waals surface area contributed by atoms with E-state index in [2.05, 4.69) is 17.0 Å². The molecule has 1 aromatic carbocycles. The van der Waals surface area contributed by atoms with Crippen LogP contribution >= 0.6 is 0 Å². The monoisotopic (exact) mass is 230 g/mol. The van der Waals surface area contributed by atoms with Crippen LogP contribution < -0.4 is 4.74 Å². The van der Waals surface area contributed by atoms with Gasteiger partial charge in [0.15, 0.2) is 0 Å².